The first-order valence-corrected chi connectivity index (χ1v) is 4.00. The lowest BCUT2D eigenvalue weighted by atomic mass is 10.3. The van der Waals surface area contributed by atoms with Crippen molar-refractivity contribution in [3.05, 3.63) is 37.0 Å². The number of halogens is 1. The summed E-state index contributed by atoms with van der Waals surface area (Å²) in [6, 6.07) is 6.02. The molecule has 0 bridgehead atoms. The standard InChI is InChI=1S/C10H12FO/c1-2-3-8-12-10-6-4-9(11)5-7-10/h4-7H,1-3,8H2. The highest BCUT2D eigenvalue weighted by Crippen LogP contribution is 2.11. The lowest BCUT2D eigenvalue weighted by molar-refractivity contribution is 0.311. The molecule has 1 rings (SSSR count). The van der Waals surface area contributed by atoms with Crippen LogP contribution in [0.5, 0.6) is 5.75 Å². The maximum atomic E-state index is 12.4. The van der Waals surface area contributed by atoms with E-state index >= 15 is 0 Å². The molecule has 0 saturated heterocycles. The minimum atomic E-state index is -0.237. The summed E-state index contributed by atoms with van der Waals surface area (Å²) < 4.78 is 17.7. The summed E-state index contributed by atoms with van der Waals surface area (Å²) in [5, 5.41) is 0. The van der Waals surface area contributed by atoms with Crippen molar-refractivity contribution in [2.24, 2.45) is 0 Å². The van der Waals surface area contributed by atoms with Crippen LogP contribution < -0.4 is 4.74 Å². The normalized spacial score (nSPS) is 9.83. The van der Waals surface area contributed by atoms with E-state index in [1.807, 2.05) is 0 Å². The third kappa shape index (κ3) is 2.91. The van der Waals surface area contributed by atoms with Gasteiger partial charge in [-0.3, -0.25) is 0 Å². The Morgan fingerprint density at radius 2 is 1.92 bits per heavy atom. The molecule has 1 aromatic carbocycles. The van der Waals surface area contributed by atoms with Crippen LogP contribution >= 0.6 is 0 Å². The Labute approximate surface area is 72.2 Å². The smallest absolute Gasteiger partial charge is 0.123 e. The zero-order valence-electron chi connectivity index (χ0n) is 6.92. The molecule has 0 N–H and O–H groups in total. The van der Waals surface area contributed by atoms with Crippen molar-refractivity contribution in [3.8, 4) is 5.75 Å². The Balaban J connectivity index is 2.37. The van der Waals surface area contributed by atoms with E-state index in [9.17, 15) is 4.39 Å². The summed E-state index contributed by atoms with van der Waals surface area (Å²) in [6.07, 6.45) is 1.79. The maximum absolute atomic E-state index is 12.4. The molecule has 0 spiro atoms. The van der Waals surface area contributed by atoms with Crippen molar-refractivity contribution in [1.82, 2.24) is 0 Å². The third-order valence-corrected chi connectivity index (χ3v) is 1.48. The Bertz CT molecular complexity index is 218. The van der Waals surface area contributed by atoms with Crippen molar-refractivity contribution in [1.29, 1.82) is 0 Å². The van der Waals surface area contributed by atoms with E-state index in [0.717, 1.165) is 12.8 Å². The van der Waals surface area contributed by atoms with Gasteiger partial charge in [-0.05, 0) is 30.7 Å². The average molecular weight is 167 g/mol. The lowest BCUT2D eigenvalue weighted by Crippen LogP contribution is -1.95. The number of unbranched alkanes of at least 4 members (excludes halogenated alkanes) is 1. The second-order valence-electron chi connectivity index (χ2n) is 2.51. The van der Waals surface area contributed by atoms with Gasteiger partial charge in [0.25, 0.3) is 0 Å². The fraction of sp³-hybridized carbons (Fsp3) is 0.300. The first-order valence-electron chi connectivity index (χ1n) is 4.00. The van der Waals surface area contributed by atoms with Gasteiger partial charge >= 0.3 is 0 Å². The van der Waals surface area contributed by atoms with Crippen LogP contribution in [-0.2, 0) is 0 Å². The minimum Gasteiger partial charge on any atom is -0.494 e. The van der Waals surface area contributed by atoms with Gasteiger partial charge in [-0.2, -0.15) is 0 Å². The van der Waals surface area contributed by atoms with Gasteiger partial charge in [0, 0.05) is 0 Å². The van der Waals surface area contributed by atoms with Gasteiger partial charge in [-0.15, -0.1) is 0 Å². The van der Waals surface area contributed by atoms with Gasteiger partial charge in [0.1, 0.15) is 11.6 Å². The van der Waals surface area contributed by atoms with E-state index in [1.54, 1.807) is 12.1 Å². The predicted molar refractivity (Wildman–Crippen MR) is 46.5 cm³/mol. The number of hydrogen-bond donors (Lipinski definition) is 0. The van der Waals surface area contributed by atoms with Crippen LogP contribution in [0.2, 0.25) is 0 Å². The van der Waals surface area contributed by atoms with E-state index in [4.69, 9.17) is 4.74 Å². The number of benzene rings is 1. The Morgan fingerprint density at radius 1 is 1.25 bits per heavy atom. The average Bonchev–Trinajstić information content (AvgIpc) is 2.09. The van der Waals surface area contributed by atoms with Crippen LogP contribution in [0.1, 0.15) is 12.8 Å². The van der Waals surface area contributed by atoms with Gasteiger partial charge in [-0.25, -0.2) is 4.39 Å². The zero-order valence-corrected chi connectivity index (χ0v) is 6.92. The molecule has 12 heavy (non-hydrogen) atoms. The molecule has 1 nitrogen and oxygen atoms in total. The van der Waals surface area contributed by atoms with E-state index in [2.05, 4.69) is 6.92 Å². The van der Waals surface area contributed by atoms with Gasteiger partial charge in [0.15, 0.2) is 0 Å². The molecule has 1 aromatic rings. The Morgan fingerprint density at radius 3 is 2.50 bits per heavy atom. The van der Waals surface area contributed by atoms with Crippen LogP contribution in [0.4, 0.5) is 4.39 Å². The van der Waals surface area contributed by atoms with Crippen LogP contribution in [0.25, 0.3) is 0 Å². The van der Waals surface area contributed by atoms with Crippen molar-refractivity contribution in [2.75, 3.05) is 6.61 Å². The quantitative estimate of drug-likeness (QED) is 0.626. The monoisotopic (exact) mass is 167 g/mol. The first kappa shape index (κ1) is 9.04. The molecule has 0 aliphatic carbocycles. The zero-order chi connectivity index (χ0) is 8.81. The van der Waals surface area contributed by atoms with Gasteiger partial charge in [-0.1, -0.05) is 13.3 Å². The Kier molecular flexibility index (Phi) is 3.58. The molecule has 2 heteroatoms. The van der Waals surface area contributed by atoms with Crippen LogP contribution in [0.3, 0.4) is 0 Å². The van der Waals surface area contributed by atoms with Gasteiger partial charge in [0.05, 0.1) is 6.61 Å². The van der Waals surface area contributed by atoms with Crippen LogP contribution in [0, 0.1) is 12.7 Å². The summed E-state index contributed by atoms with van der Waals surface area (Å²) in [5.41, 5.74) is 0. The maximum Gasteiger partial charge on any atom is 0.123 e. The molecule has 0 saturated carbocycles. The third-order valence-electron chi connectivity index (χ3n) is 1.48. The fourth-order valence-corrected chi connectivity index (χ4v) is 0.823. The van der Waals surface area contributed by atoms with Gasteiger partial charge < -0.3 is 4.74 Å². The van der Waals surface area contributed by atoms with E-state index in [-0.39, 0.29) is 5.82 Å². The highest BCUT2D eigenvalue weighted by Gasteiger charge is 1.92. The second-order valence-corrected chi connectivity index (χ2v) is 2.51. The minimum absolute atomic E-state index is 0.237. The molecule has 0 heterocycles. The molecule has 0 amide bonds. The van der Waals surface area contributed by atoms with E-state index < -0.39 is 0 Å². The lowest BCUT2D eigenvalue weighted by Gasteiger charge is -2.03. The topological polar surface area (TPSA) is 9.23 Å². The molecule has 0 unspecified atom stereocenters. The summed E-state index contributed by atoms with van der Waals surface area (Å²) in [7, 11) is 0. The molecular formula is C10H12FO. The van der Waals surface area contributed by atoms with Crippen molar-refractivity contribution < 1.29 is 9.13 Å². The SMILES string of the molecule is [CH2]CCCOc1ccc(F)cc1. The van der Waals surface area contributed by atoms with Crippen molar-refractivity contribution in [2.45, 2.75) is 12.8 Å². The molecule has 0 aliphatic rings. The van der Waals surface area contributed by atoms with E-state index in [0.29, 0.717) is 12.4 Å². The summed E-state index contributed by atoms with van der Waals surface area (Å²) >= 11 is 0. The number of rotatable bonds is 4. The first-order chi connectivity index (χ1) is 5.83. The Hall–Kier alpha value is -1.05. The second kappa shape index (κ2) is 4.75. The molecule has 1 radical (unpaired) electrons. The van der Waals surface area contributed by atoms with Crippen molar-refractivity contribution >= 4 is 0 Å². The molecule has 0 atom stereocenters. The van der Waals surface area contributed by atoms with Crippen LogP contribution in [0.15, 0.2) is 24.3 Å². The highest BCUT2D eigenvalue weighted by atomic mass is 19.1. The summed E-state index contributed by atoms with van der Waals surface area (Å²) in [5.74, 6) is 0.476. The van der Waals surface area contributed by atoms with E-state index in [1.165, 1.54) is 12.1 Å². The molecule has 0 aromatic heterocycles. The largest absolute Gasteiger partial charge is 0.494 e. The molecule has 65 valence electrons. The van der Waals surface area contributed by atoms with Gasteiger partial charge in [0.2, 0.25) is 0 Å². The molecule has 0 aliphatic heterocycles. The predicted octanol–water partition coefficient (Wildman–Crippen LogP) is 2.82. The van der Waals surface area contributed by atoms with Crippen LogP contribution in [-0.4, -0.2) is 6.61 Å². The molecule has 0 fully saturated rings. The fourth-order valence-electron chi connectivity index (χ4n) is 0.823. The summed E-state index contributed by atoms with van der Waals surface area (Å²) in [6.45, 7) is 4.34. The number of ether oxygens (including phenoxy) is 1. The summed E-state index contributed by atoms with van der Waals surface area (Å²) in [4.78, 5) is 0. The highest BCUT2D eigenvalue weighted by molar-refractivity contribution is 5.21. The van der Waals surface area contributed by atoms with Crippen molar-refractivity contribution in [3.63, 3.8) is 0 Å². The number of hydrogen-bond acceptors (Lipinski definition) is 1. The molecular weight excluding hydrogens is 155 g/mol.